The Hall–Kier alpha value is -1.69. The van der Waals surface area contributed by atoms with Crippen LogP contribution in [-0.2, 0) is 21.9 Å². The van der Waals surface area contributed by atoms with E-state index in [-0.39, 0.29) is 17.6 Å². The number of thioether (sulfide) groups is 1. The van der Waals surface area contributed by atoms with Crippen molar-refractivity contribution in [1.29, 1.82) is 0 Å². The molecule has 30 heavy (non-hydrogen) atoms. The summed E-state index contributed by atoms with van der Waals surface area (Å²) >= 11 is 13.7. The molecule has 0 spiro atoms. The average Bonchev–Trinajstić information content (AvgIpc) is 2.74. The number of hydrogen-bond acceptors (Lipinski definition) is 3. The second-order valence-corrected chi connectivity index (χ2v) is 8.88. The molecule has 2 aromatic carbocycles. The van der Waals surface area contributed by atoms with Gasteiger partial charge in [-0.1, -0.05) is 66.9 Å². The van der Waals surface area contributed by atoms with E-state index in [1.165, 1.54) is 11.8 Å². The van der Waals surface area contributed by atoms with E-state index in [0.717, 1.165) is 24.0 Å². The highest BCUT2D eigenvalue weighted by Crippen LogP contribution is 2.22. The van der Waals surface area contributed by atoms with Crippen molar-refractivity contribution in [3.05, 3.63) is 69.7 Å². The van der Waals surface area contributed by atoms with E-state index >= 15 is 0 Å². The quantitative estimate of drug-likeness (QED) is 0.440. The van der Waals surface area contributed by atoms with Gasteiger partial charge in [0.1, 0.15) is 6.04 Å². The zero-order valence-corrected chi connectivity index (χ0v) is 19.7. The van der Waals surface area contributed by atoms with Gasteiger partial charge in [-0.25, -0.2) is 0 Å². The number of benzene rings is 2. The molecule has 0 aliphatic rings. The molecule has 0 aromatic heterocycles. The minimum Gasteiger partial charge on any atom is -0.354 e. The summed E-state index contributed by atoms with van der Waals surface area (Å²) in [7, 11) is 0. The molecule has 0 aliphatic carbocycles. The van der Waals surface area contributed by atoms with Crippen molar-refractivity contribution in [1.82, 2.24) is 10.2 Å². The van der Waals surface area contributed by atoms with Crippen LogP contribution in [0, 0.1) is 0 Å². The van der Waals surface area contributed by atoms with Gasteiger partial charge >= 0.3 is 0 Å². The molecule has 0 fully saturated rings. The van der Waals surface area contributed by atoms with E-state index in [1.54, 1.807) is 24.0 Å². The lowest BCUT2D eigenvalue weighted by Crippen LogP contribution is -2.48. The molecular formula is C23H28Cl2N2O2S. The van der Waals surface area contributed by atoms with Crippen LogP contribution in [0.3, 0.4) is 0 Å². The number of halogens is 2. The molecule has 1 N–H and O–H groups in total. The van der Waals surface area contributed by atoms with Crippen LogP contribution in [-0.4, -0.2) is 35.1 Å². The van der Waals surface area contributed by atoms with Crippen molar-refractivity contribution in [2.45, 2.75) is 45.0 Å². The summed E-state index contributed by atoms with van der Waals surface area (Å²) in [6.45, 7) is 4.81. The minimum atomic E-state index is -0.564. The minimum absolute atomic E-state index is 0.0832. The Labute approximate surface area is 193 Å². The Morgan fingerprint density at radius 3 is 2.47 bits per heavy atom. The fraction of sp³-hybridized carbons (Fsp3) is 0.391. The molecule has 4 nitrogen and oxygen atoms in total. The van der Waals surface area contributed by atoms with Gasteiger partial charge in [0.2, 0.25) is 11.8 Å². The molecule has 2 rings (SSSR count). The van der Waals surface area contributed by atoms with Crippen LogP contribution in [0.25, 0.3) is 0 Å². The van der Waals surface area contributed by atoms with Gasteiger partial charge in [0.05, 0.1) is 5.75 Å². The van der Waals surface area contributed by atoms with E-state index in [0.29, 0.717) is 28.9 Å². The second kappa shape index (κ2) is 12.9. The molecule has 0 radical (unpaired) electrons. The fourth-order valence-corrected chi connectivity index (χ4v) is 4.17. The summed E-state index contributed by atoms with van der Waals surface area (Å²) in [5.74, 6) is 0.685. The van der Waals surface area contributed by atoms with E-state index < -0.39 is 6.04 Å². The monoisotopic (exact) mass is 466 g/mol. The summed E-state index contributed by atoms with van der Waals surface area (Å²) < 4.78 is 0. The van der Waals surface area contributed by atoms with Crippen molar-refractivity contribution in [3.8, 4) is 0 Å². The molecule has 0 saturated carbocycles. The predicted octanol–water partition coefficient (Wildman–Crippen LogP) is 5.56. The first-order valence-corrected chi connectivity index (χ1v) is 12.0. The summed E-state index contributed by atoms with van der Waals surface area (Å²) in [5, 5.41) is 4.25. The molecular weight excluding hydrogens is 439 g/mol. The maximum Gasteiger partial charge on any atom is 0.242 e. The van der Waals surface area contributed by atoms with Crippen molar-refractivity contribution in [2.75, 3.05) is 12.3 Å². The van der Waals surface area contributed by atoms with Gasteiger partial charge in [-0.05, 0) is 42.7 Å². The molecule has 1 unspecified atom stereocenters. The lowest BCUT2D eigenvalue weighted by atomic mass is 10.1. The molecule has 162 valence electrons. The first-order valence-electron chi connectivity index (χ1n) is 10.0. The molecule has 0 saturated heterocycles. The summed E-state index contributed by atoms with van der Waals surface area (Å²) in [4.78, 5) is 27.3. The van der Waals surface area contributed by atoms with Gasteiger partial charge in [0.15, 0.2) is 0 Å². The Morgan fingerprint density at radius 2 is 1.80 bits per heavy atom. The van der Waals surface area contributed by atoms with Crippen LogP contribution in [0.15, 0.2) is 48.5 Å². The Bertz CT molecular complexity index is 830. The third-order valence-electron chi connectivity index (χ3n) is 4.70. The Morgan fingerprint density at radius 1 is 1.10 bits per heavy atom. The standard InChI is InChI=1S/C23H28Cl2N2O2S/c1-3-4-13-26-23(29)17(2)27(14-18-9-11-20(24)12-10-18)22(28)16-30-15-19-7-5-6-8-21(19)25/h5-12,17H,3-4,13-16H2,1-2H3,(H,26,29). The van der Waals surface area contributed by atoms with Crippen LogP contribution >= 0.6 is 35.0 Å². The highest BCUT2D eigenvalue weighted by Gasteiger charge is 2.25. The van der Waals surface area contributed by atoms with Gasteiger partial charge in [-0.3, -0.25) is 9.59 Å². The number of amides is 2. The first kappa shape index (κ1) is 24.6. The largest absolute Gasteiger partial charge is 0.354 e. The van der Waals surface area contributed by atoms with Crippen LogP contribution in [0.4, 0.5) is 0 Å². The predicted molar refractivity (Wildman–Crippen MR) is 127 cm³/mol. The zero-order valence-electron chi connectivity index (χ0n) is 17.4. The molecule has 7 heteroatoms. The van der Waals surface area contributed by atoms with Gasteiger partial charge in [-0.15, -0.1) is 11.8 Å². The topological polar surface area (TPSA) is 49.4 Å². The smallest absolute Gasteiger partial charge is 0.242 e. The average molecular weight is 467 g/mol. The molecule has 0 bridgehead atoms. The summed E-state index contributed by atoms with van der Waals surface area (Å²) in [6.07, 6.45) is 1.91. The van der Waals surface area contributed by atoms with E-state index in [1.807, 2.05) is 36.4 Å². The molecule has 0 aliphatic heterocycles. The zero-order chi connectivity index (χ0) is 21.9. The molecule has 2 amide bonds. The lowest BCUT2D eigenvalue weighted by molar-refractivity contribution is -0.138. The van der Waals surface area contributed by atoms with Gasteiger partial charge in [0.25, 0.3) is 0 Å². The van der Waals surface area contributed by atoms with Gasteiger partial charge < -0.3 is 10.2 Å². The van der Waals surface area contributed by atoms with Crippen LogP contribution in [0.1, 0.15) is 37.8 Å². The van der Waals surface area contributed by atoms with Crippen molar-refractivity contribution >= 4 is 46.8 Å². The van der Waals surface area contributed by atoms with Crippen molar-refractivity contribution < 1.29 is 9.59 Å². The molecule has 1 atom stereocenters. The normalized spacial score (nSPS) is 11.7. The summed E-state index contributed by atoms with van der Waals surface area (Å²) in [5.41, 5.74) is 1.92. The Kier molecular flexibility index (Phi) is 10.6. The fourth-order valence-electron chi connectivity index (χ4n) is 2.85. The lowest BCUT2D eigenvalue weighted by Gasteiger charge is -2.29. The first-order chi connectivity index (χ1) is 14.4. The number of unbranched alkanes of at least 4 members (excludes halogenated alkanes) is 1. The number of nitrogens with zero attached hydrogens (tertiary/aromatic N) is 1. The van der Waals surface area contributed by atoms with Crippen molar-refractivity contribution in [3.63, 3.8) is 0 Å². The number of carbonyl (C=O) groups excluding carboxylic acids is 2. The highest BCUT2D eigenvalue weighted by atomic mass is 35.5. The molecule has 0 heterocycles. The third-order valence-corrected chi connectivity index (χ3v) is 6.29. The Balaban J connectivity index is 2.04. The highest BCUT2D eigenvalue weighted by molar-refractivity contribution is 7.99. The third kappa shape index (κ3) is 7.86. The molecule has 2 aromatic rings. The van der Waals surface area contributed by atoms with Crippen LogP contribution in [0.5, 0.6) is 0 Å². The van der Waals surface area contributed by atoms with Crippen LogP contribution in [0.2, 0.25) is 10.0 Å². The van der Waals surface area contributed by atoms with E-state index in [2.05, 4.69) is 12.2 Å². The number of carbonyl (C=O) groups is 2. The maximum absolute atomic E-state index is 13.0. The van der Waals surface area contributed by atoms with Crippen molar-refractivity contribution in [2.24, 2.45) is 0 Å². The van der Waals surface area contributed by atoms with E-state index in [9.17, 15) is 9.59 Å². The number of nitrogens with one attached hydrogen (secondary N) is 1. The number of hydrogen-bond donors (Lipinski definition) is 1. The van der Waals surface area contributed by atoms with Gasteiger partial charge in [0, 0.05) is 28.9 Å². The second-order valence-electron chi connectivity index (χ2n) is 7.05. The number of rotatable bonds is 11. The SMILES string of the molecule is CCCCNC(=O)C(C)N(Cc1ccc(Cl)cc1)C(=O)CSCc1ccccc1Cl. The van der Waals surface area contributed by atoms with Gasteiger partial charge in [-0.2, -0.15) is 0 Å². The maximum atomic E-state index is 13.0. The van der Waals surface area contributed by atoms with E-state index in [4.69, 9.17) is 23.2 Å². The summed E-state index contributed by atoms with van der Waals surface area (Å²) in [6, 6.07) is 14.4. The van der Waals surface area contributed by atoms with Crippen LogP contribution < -0.4 is 5.32 Å².